The molecule has 1 saturated carbocycles. The minimum absolute atomic E-state index is 0.0203. The number of alkyl halides is 3. The summed E-state index contributed by atoms with van der Waals surface area (Å²) in [5.41, 5.74) is 8.41. The summed E-state index contributed by atoms with van der Waals surface area (Å²) in [6.07, 6.45) is -2.60. The van der Waals surface area contributed by atoms with Crippen LogP contribution in [0.5, 0.6) is 0 Å². The Morgan fingerprint density at radius 3 is 2.47 bits per heavy atom. The second-order valence-electron chi connectivity index (χ2n) is 5.03. The zero-order valence-corrected chi connectivity index (χ0v) is 11.1. The van der Waals surface area contributed by atoms with E-state index in [0.29, 0.717) is 16.9 Å². The highest BCUT2D eigenvalue weighted by Gasteiger charge is 2.39. The predicted molar refractivity (Wildman–Crippen MR) is 68.0 cm³/mol. The van der Waals surface area contributed by atoms with E-state index in [4.69, 9.17) is 5.73 Å². The van der Waals surface area contributed by atoms with Gasteiger partial charge < -0.3 is 10.6 Å². The number of pyridine rings is 1. The Balaban J connectivity index is 2.41. The molecule has 2 rings (SSSR count). The van der Waals surface area contributed by atoms with Gasteiger partial charge in [0.2, 0.25) is 0 Å². The maximum atomic E-state index is 12.7. The van der Waals surface area contributed by atoms with Crippen molar-refractivity contribution < 1.29 is 13.2 Å². The maximum absolute atomic E-state index is 12.7. The Morgan fingerprint density at radius 1 is 1.37 bits per heavy atom. The molecule has 2 N–H and O–H groups in total. The van der Waals surface area contributed by atoms with Crippen LogP contribution in [-0.2, 0) is 6.54 Å². The molecule has 106 valence electrons. The molecule has 0 spiro atoms. The quantitative estimate of drug-likeness (QED) is 0.917. The van der Waals surface area contributed by atoms with Crippen LogP contribution in [-0.4, -0.2) is 23.7 Å². The highest BCUT2D eigenvalue weighted by Crippen LogP contribution is 2.36. The molecule has 0 atom stereocenters. The summed E-state index contributed by atoms with van der Waals surface area (Å²) in [5.74, 6) is 0. The van der Waals surface area contributed by atoms with E-state index in [0.717, 1.165) is 18.5 Å². The number of rotatable bonds is 4. The third-order valence-corrected chi connectivity index (χ3v) is 3.29. The van der Waals surface area contributed by atoms with Gasteiger partial charge in [-0.1, -0.05) is 0 Å². The maximum Gasteiger partial charge on any atom is 0.405 e. The molecule has 0 aromatic carbocycles. The first-order valence-corrected chi connectivity index (χ1v) is 6.32. The minimum atomic E-state index is -4.21. The molecule has 1 aromatic rings. The first-order valence-electron chi connectivity index (χ1n) is 6.32. The lowest BCUT2D eigenvalue weighted by molar-refractivity contribution is -0.120. The van der Waals surface area contributed by atoms with Crippen molar-refractivity contribution in [3.63, 3.8) is 0 Å². The van der Waals surface area contributed by atoms with Crippen LogP contribution in [0.3, 0.4) is 0 Å². The monoisotopic (exact) mass is 273 g/mol. The molecule has 0 radical (unpaired) electrons. The van der Waals surface area contributed by atoms with Crippen LogP contribution in [0.15, 0.2) is 6.07 Å². The number of hydrogen-bond donors (Lipinski definition) is 1. The van der Waals surface area contributed by atoms with Crippen LogP contribution in [0.1, 0.15) is 29.8 Å². The predicted octanol–water partition coefficient (Wildman–Crippen LogP) is 2.69. The molecule has 0 unspecified atom stereocenters. The first-order chi connectivity index (χ1) is 8.81. The van der Waals surface area contributed by atoms with Crippen molar-refractivity contribution in [2.45, 2.75) is 45.5 Å². The Labute approximate surface area is 110 Å². The van der Waals surface area contributed by atoms with Crippen molar-refractivity contribution in [3.8, 4) is 0 Å². The van der Waals surface area contributed by atoms with E-state index in [2.05, 4.69) is 4.98 Å². The molecule has 1 aromatic heterocycles. The SMILES string of the molecule is Cc1cc(N(CC(F)(F)F)C2CC2)c(CN)c(C)n1. The number of nitrogens with zero attached hydrogens (tertiary/aromatic N) is 2. The molecule has 0 saturated heterocycles. The lowest BCUT2D eigenvalue weighted by atomic mass is 10.1. The Bertz CT molecular complexity index is 467. The van der Waals surface area contributed by atoms with Gasteiger partial charge in [0.1, 0.15) is 6.54 Å². The van der Waals surface area contributed by atoms with Gasteiger partial charge in [0.15, 0.2) is 0 Å². The molecule has 1 heterocycles. The van der Waals surface area contributed by atoms with Gasteiger partial charge in [0.05, 0.1) is 0 Å². The van der Waals surface area contributed by atoms with Gasteiger partial charge in [-0.05, 0) is 32.8 Å². The fourth-order valence-electron chi connectivity index (χ4n) is 2.33. The van der Waals surface area contributed by atoms with E-state index in [9.17, 15) is 13.2 Å². The van der Waals surface area contributed by atoms with Crippen LogP contribution in [0.25, 0.3) is 0 Å². The van der Waals surface area contributed by atoms with Crippen molar-refractivity contribution in [2.24, 2.45) is 5.73 Å². The van der Waals surface area contributed by atoms with Gasteiger partial charge in [-0.2, -0.15) is 13.2 Å². The normalized spacial score (nSPS) is 15.7. The van der Waals surface area contributed by atoms with Crippen molar-refractivity contribution in [1.82, 2.24) is 4.98 Å². The van der Waals surface area contributed by atoms with Crippen LogP contribution < -0.4 is 10.6 Å². The zero-order chi connectivity index (χ0) is 14.2. The van der Waals surface area contributed by atoms with Gasteiger partial charge in [0.25, 0.3) is 0 Å². The third-order valence-electron chi connectivity index (χ3n) is 3.29. The third kappa shape index (κ3) is 3.37. The van der Waals surface area contributed by atoms with E-state index in [1.807, 2.05) is 0 Å². The highest BCUT2D eigenvalue weighted by molar-refractivity contribution is 5.57. The second-order valence-corrected chi connectivity index (χ2v) is 5.03. The molecule has 3 nitrogen and oxygen atoms in total. The molecule has 6 heteroatoms. The minimum Gasteiger partial charge on any atom is -0.359 e. The molecule has 1 aliphatic carbocycles. The van der Waals surface area contributed by atoms with Crippen LogP contribution in [0.4, 0.5) is 18.9 Å². The van der Waals surface area contributed by atoms with Gasteiger partial charge in [-0.15, -0.1) is 0 Å². The number of anilines is 1. The first kappa shape index (κ1) is 14.1. The van der Waals surface area contributed by atoms with Crippen molar-refractivity contribution in [1.29, 1.82) is 0 Å². The molecule has 19 heavy (non-hydrogen) atoms. The van der Waals surface area contributed by atoms with E-state index >= 15 is 0 Å². The van der Waals surface area contributed by atoms with E-state index in [1.165, 1.54) is 4.90 Å². The summed E-state index contributed by atoms with van der Waals surface area (Å²) in [5, 5.41) is 0. The number of nitrogens with two attached hydrogens (primary N) is 1. The standard InChI is InChI=1S/C13H18F3N3/c1-8-5-12(11(6-17)9(2)18-8)19(10-3-4-10)7-13(14,15)16/h5,10H,3-4,6-7,17H2,1-2H3. The summed E-state index contributed by atoms with van der Waals surface area (Å²) < 4.78 is 38.2. The Kier molecular flexibility index (Phi) is 3.71. The summed E-state index contributed by atoms with van der Waals surface area (Å²) >= 11 is 0. The van der Waals surface area contributed by atoms with E-state index < -0.39 is 12.7 Å². The average molecular weight is 273 g/mol. The number of halogens is 3. The zero-order valence-electron chi connectivity index (χ0n) is 11.1. The Morgan fingerprint density at radius 2 is 2.00 bits per heavy atom. The molecule has 0 bridgehead atoms. The van der Waals surface area contributed by atoms with E-state index in [-0.39, 0.29) is 12.6 Å². The van der Waals surface area contributed by atoms with Crippen molar-refractivity contribution >= 4 is 5.69 Å². The van der Waals surface area contributed by atoms with Crippen LogP contribution in [0, 0.1) is 13.8 Å². The number of aryl methyl sites for hydroxylation is 2. The fourth-order valence-corrected chi connectivity index (χ4v) is 2.33. The number of hydrogen-bond acceptors (Lipinski definition) is 3. The van der Waals surface area contributed by atoms with Crippen LogP contribution in [0.2, 0.25) is 0 Å². The fraction of sp³-hybridized carbons (Fsp3) is 0.615. The molecule has 1 aliphatic rings. The molecular formula is C13H18F3N3. The summed E-state index contributed by atoms with van der Waals surface area (Å²) in [6, 6.07) is 1.69. The lowest BCUT2D eigenvalue weighted by Crippen LogP contribution is -2.37. The van der Waals surface area contributed by atoms with Crippen LogP contribution >= 0.6 is 0 Å². The van der Waals surface area contributed by atoms with E-state index in [1.54, 1.807) is 19.9 Å². The molecule has 0 amide bonds. The van der Waals surface area contributed by atoms with Gasteiger partial charge in [0, 0.05) is 35.2 Å². The number of aromatic nitrogens is 1. The highest BCUT2D eigenvalue weighted by atomic mass is 19.4. The molecule has 0 aliphatic heterocycles. The summed E-state index contributed by atoms with van der Waals surface area (Å²) in [6.45, 7) is 2.86. The average Bonchev–Trinajstić information content (AvgIpc) is 3.07. The second kappa shape index (κ2) is 5.00. The van der Waals surface area contributed by atoms with Gasteiger partial charge in [-0.25, -0.2) is 0 Å². The largest absolute Gasteiger partial charge is 0.405 e. The summed E-state index contributed by atoms with van der Waals surface area (Å²) in [7, 11) is 0. The topological polar surface area (TPSA) is 42.1 Å². The van der Waals surface area contributed by atoms with Gasteiger partial charge >= 0.3 is 6.18 Å². The smallest absolute Gasteiger partial charge is 0.359 e. The molecular weight excluding hydrogens is 255 g/mol. The Hall–Kier alpha value is -1.30. The lowest BCUT2D eigenvalue weighted by Gasteiger charge is -2.28. The summed E-state index contributed by atoms with van der Waals surface area (Å²) in [4.78, 5) is 5.71. The molecule has 1 fully saturated rings. The van der Waals surface area contributed by atoms with Crippen molar-refractivity contribution in [3.05, 3.63) is 23.0 Å². The van der Waals surface area contributed by atoms with Gasteiger partial charge in [-0.3, -0.25) is 4.98 Å². The van der Waals surface area contributed by atoms with Crippen molar-refractivity contribution in [2.75, 3.05) is 11.4 Å².